The third kappa shape index (κ3) is 5.65. The lowest BCUT2D eigenvalue weighted by Crippen LogP contribution is -2.45. The minimum Gasteiger partial charge on any atom is -0.486 e. The number of carbonyl (C=O) groups excluding carboxylic acids is 1. The number of nitrogens with zero attached hydrogens (tertiary/aromatic N) is 1. The molecule has 0 bridgehead atoms. The molecule has 0 radical (unpaired) electrons. The molecule has 0 aliphatic heterocycles. The van der Waals surface area contributed by atoms with E-state index in [4.69, 9.17) is 33.7 Å². The van der Waals surface area contributed by atoms with Crippen molar-refractivity contribution in [3.63, 3.8) is 0 Å². The highest BCUT2D eigenvalue weighted by molar-refractivity contribution is 6.24. The molecule has 1 aromatic heterocycles. The number of pyridine rings is 1. The molecule has 3 N–H and O–H groups in total. The second-order valence-electron chi connectivity index (χ2n) is 8.42. The van der Waals surface area contributed by atoms with E-state index in [0.29, 0.717) is 24.2 Å². The van der Waals surface area contributed by atoms with E-state index in [9.17, 15) is 9.18 Å². The first kappa shape index (κ1) is 24.6. The summed E-state index contributed by atoms with van der Waals surface area (Å²) in [6.45, 7) is 5.81. The number of benzene rings is 1. The summed E-state index contributed by atoms with van der Waals surface area (Å²) in [5.41, 5.74) is 8.27. The summed E-state index contributed by atoms with van der Waals surface area (Å²) in [5, 5.41) is 1.96. The van der Waals surface area contributed by atoms with Crippen LogP contribution in [0.3, 0.4) is 0 Å². The van der Waals surface area contributed by atoms with Crippen molar-refractivity contribution in [1.82, 2.24) is 10.3 Å². The number of hydrogen-bond acceptors (Lipinski definition) is 4. The van der Waals surface area contributed by atoms with Crippen LogP contribution < -0.4 is 15.8 Å². The molecule has 32 heavy (non-hydrogen) atoms. The average molecular weight is 482 g/mol. The molecule has 1 heterocycles. The standard InChI is InChI=1S/C24H30Cl2FN3O2/c1-4-13(2)30-24(31)16-7-5-15(6-8-16)17-11-20(23(28)29-12-17)32-14(3)21-18(25)9-10-19(27)22(21)26/h5-8,11-14,18-19,21-22H,4,9-10H2,1-3H3,(H2,28,29)(H,30,31)/t13-,14-,18?,19?,21?,22?/m1/s1. The Bertz CT molecular complexity index is 928. The van der Waals surface area contributed by atoms with Crippen molar-refractivity contribution in [2.45, 2.75) is 69.1 Å². The van der Waals surface area contributed by atoms with Crippen LogP contribution in [0.1, 0.15) is 50.4 Å². The van der Waals surface area contributed by atoms with Crippen molar-refractivity contribution in [3.05, 3.63) is 42.1 Å². The van der Waals surface area contributed by atoms with Crippen molar-refractivity contribution in [3.8, 4) is 16.9 Å². The number of amides is 1. The minimum absolute atomic E-state index is 0.107. The molecule has 4 unspecified atom stereocenters. The normalized spacial score (nSPS) is 25.1. The van der Waals surface area contributed by atoms with Gasteiger partial charge in [0.15, 0.2) is 11.6 Å². The van der Waals surface area contributed by atoms with Crippen molar-refractivity contribution in [1.29, 1.82) is 0 Å². The highest BCUT2D eigenvalue weighted by atomic mass is 35.5. The first-order valence-corrected chi connectivity index (χ1v) is 11.8. The summed E-state index contributed by atoms with van der Waals surface area (Å²) in [6.07, 6.45) is 1.87. The summed E-state index contributed by atoms with van der Waals surface area (Å²) in [7, 11) is 0. The van der Waals surface area contributed by atoms with Crippen molar-refractivity contribution in [2.24, 2.45) is 5.92 Å². The van der Waals surface area contributed by atoms with Gasteiger partial charge in [0.25, 0.3) is 5.91 Å². The second-order valence-corrected chi connectivity index (χ2v) is 9.49. The van der Waals surface area contributed by atoms with Gasteiger partial charge in [-0.05, 0) is 56.9 Å². The molecule has 3 rings (SSSR count). The predicted molar refractivity (Wildman–Crippen MR) is 128 cm³/mol. The Kier molecular flexibility index (Phi) is 8.23. The Labute approximate surface area is 198 Å². The monoisotopic (exact) mass is 481 g/mol. The van der Waals surface area contributed by atoms with Crippen LogP contribution in [0.4, 0.5) is 10.2 Å². The van der Waals surface area contributed by atoms with E-state index in [2.05, 4.69) is 10.3 Å². The topological polar surface area (TPSA) is 77.2 Å². The fourth-order valence-electron chi connectivity index (χ4n) is 3.87. The van der Waals surface area contributed by atoms with E-state index < -0.39 is 17.7 Å². The number of rotatable bonds is 7. The van der Waals surface area contributed by atoms with Gasteiger partial charge in [-0.15, -0.1) is 23.2 Å². The largest absolute Gasteiger partial charge is 0.486 e. The van der Waals surface area contributed by atoms with Gasteiger partial charge in [-0.1, -0.05) is 19.1 Å². The maximum Gasteiger partial charge on any atom is 0.251 e. The van der Waals surface area contributed by atoms with E-state index in [0.717, 1.165) is 17.5 Å². The summed E-state index contributed by atoms with van der Waals surface area (Å²) < 4.78 is 20.2. The number of nitrogen functional groups attached to an aromatic ring is 1. The van der Waals surface area contributed by atoms with Gasteiger partial charge < -0.3 is 15.8 Å². The molecule has 1 amide bonds. The molecule has 0 spiro atoms. The zero-order valence-electron chi connectivity index (χ0n) is 18.5. The van der Waals surface area contributed by atoms with Crippen LogP contribution in [0.5, 0.6) is 5.75 Å². The Morgan fingerprint density at radius 2 is 1.94 bits per heavy atom. The van der Waals surface area contributed by atoms with E-state index in [1.807, 2.05) is 32.9 Å². The van der Waals surface area contributed by atoms with Gasteiger partial charge in [-0.25, -0.2) is 9.37 Å². The molecule has 2 aromatic rings. The number of alkyl halides is 3. The molecule has 6 atom stereocenters. The van der Waals surface area contributed by atoms with Crippen LogP contribution in [0, 0.1) is 5.92 Å². The minimum atomic E-state index is -1.11. The molecule has 5 nitrogen and oxygen atoms in total. The van der Waals surface area contributed by atoms with E-state index >= 15 is 0 Å². The van der Waals surface area contributed by atoms with Gasteiger partial charge in [-0.2, -0.15) is 0 Å². The number of hydrogen-bond donors (Lipinski definition) is 2. The number of nitrogens with one attached hydrogen (secondary N) is 1. The number of halogens is 3. The number of aromatic nitrogens is 1. The average Bonchev–Trinajstić information content (AvgIpc) is 2.78. The van der Waals surface area contributed by atoms with E-state index in [1.165, 1.54) is 0 Å². The molecule has 1 aliphatic rings. The van der Waals surface area contributed by atoms with Gasteiger partial charge in [0.2, 0.25) is 0 Å². The molecule has 1 aromatic carbocycles. The summed E-state index contributed by atoms with van der Waals surface area (Å²) in [5.74, 6) is 0.162. The Morgan fingerprint density at radius 3 is 2.59 bits per heavy atom. The molecule has 1 saturated carbocycles. The Hall–Kier alpha value is -2.05. The van der Waals surface area contributed by atoms with Gasteiger partial charge in [0.05, 0.1) is 5.38 Å². The van der Waals surface area contributed by atoms with Gasteiger partial charge >= 0.3 is 0 Å². The predicted octanol–water partition coefficient (Wildman–Crippen LogP) is 5.59. The van der Waals surface area contributed by atoms with Crippen molar-refractivity contribution < 1.29 is 13.9 Å². The first-order valence-electron chi connectivity index (χ1n) is 11.0. The molecular weight excluding hydrogens is 452 g/mol. The molecule has 8 heteroatoms. The lowest BCUT2D eigenvalue weighted by Gasteiger charge is -2.37. The van der Waals surface area contributed by atoms with Crippen LogP contribution in [0.15, 0.2) is 36.5 Å². The summed E-state index contributed by atoms with van der Waals surface area (Å²) >= 11 is 12.8. The molecule has 1 fully saturated rings. The van der Waals surface area contributed by atoms with Gasteiger partial charge in [0, 0.05) is 34.7 Å². The Morgan fingerprint density at radius 1 is 1.25 bits per heavy atom. The summed E-state index contributed by atoms with van der Waals surface area (Å²) in [6, 6.07) is 9.14. The smallest absolute Gasteiger partial charge is 0.251 e. The highest BCUT2D eigenvalue weighted by Gasteiger charge is 2.42. The third-order valence-electron chi connectivity index (χ3n) is 6.06. The Balaban J connectivity index is 1.76. The maximum atomic E-state index is 14.1. The van der Waals surface area contributed by atoms with Gasteiger partial charge in [-0.3, -0.25) is 4.79 Å². The second kappa shape index (κ2) is 10.7. The van der Waals surface area contributed by atoms with Crippen LogP contribution in [0.2, 0.25) is 0 Å². The van der Waals surface area contributed by atoms with Crippen LogP contribution in [-0.4, -0.2) is 40.0 Å². The van der Waals surface area contributed by atoms with Crippen LogP contribution in [-0.2, 0) is 0 Å². The zero-order chi connectivity index (χ0) is 23.4. The van der Waals surface area contributed by atoms with Gasteiger partial charge in [0.1, 0.15) is 12.3 Å². The molecule has 174 valence electrons. The number of anilines is 1. The van der Waals surface area contributed by atoms with Crippen molar-refractivity contribution >= 4 is 34.9 Å². The molecular formula is C24H30Cl2FN3O2. The lowest BCUT2D eigenvalue weighted by atomic mass is 9.83. The SMILES string of the molecule is CC[C@@H](C)NC(=O)c1ccc(-c2cnc(N)c(O[C@H](C)C3C(Cl)CCC(F)C3Cl)c2)cc1. The van der Waals surface area contributed by atoms with Crippen molar-refractivity contribution in [2.75, 3.05) is 5.73 Å². The zero-order valence-corrected chi connectivity index (χ0v) is 20.0. The first-order chi connectivity index (χ1) is 15.2. The molecule has 1 aliphatic carbocycles. The number of ether oxygens (including phenoxy) is 1. The highest BCUT2D eigenvalue weighted by Crippen LogP contribution is 2.38. The van der Waals surface area contributed by atoms with E-state index in [1.54, 1.807) is 24.4 Å². The van der Waals surface area contributed by atoms with Crippen LogP contribution >= 0.6 is 23.2 Å². The fourth-order valence-corrected chi connectivity index (χ4v) is 4.94. The maximum absolute atomic E-state index is 14.1. The quantitative estimate of drug-likeness (QED) is 0.505. The van der Waals surface area contributed by atoms with Crippen LogP contribution in [0.25, 0.3) is 11.1 Å². The van der Waals surface area contributed by atoms with E-state index in [-0.39, 0.29) is 29.1 Å². The number of nitrogens with two attached hydrogens (primary N) is 1. The lowest BCUT2D eigenvalue weighted by molar-refractivity contribution is 0.0939. The molecule has 0 saturated heterocycles. The fraction of sp³-hybridized carbons (Fsp3) is 0.500. The number of carbonyl (C=O) groups is 1. The third-order valence-corrected chi connectivity index (χ3v) is 7.13. The summed E-state index contributed by atoms with van der Waals surface area (Å²) in [4.78, 5) is 16.5.